The van der Waals surface area contributed by atoms with Crippen LogP contribution < -0.4 is 15.5 Å². The van der Waals surface area contributed by atoms with Crippen molar-refractivity contribution in [2.24, 2.45) is 4.99 Å². The minimum absolute atomic E-state index is 0. The Hall–Kier alpha value is -1.77. The number of rotatable bonds is 5. The fraction of sp³-hybridized carbons (Fsp3) is 0.524. The molecule has 2 N–H and O–H groups in total. The molecule has 3 rings (SSSR count). The lowest BCUT2D eigenvalue weighted by Crippen LogP contribution is -2.38. The molecule has 0 amide bonds. The van der Waals surface area contributed by atoms with Crippen LogP contribution in [0.5, 0.6) is 0 Å². The Morgan fingerprint density at radius 2 is 1.96 bits per heavy atom. The number of nitrogens with zero attached hydrogens (tertiary/aromatic N) is 3. The summed E-state index contributed by atoms with van der Waals surface area (Å²) in [6.45, 7) is 6.93. The Bertz CT molecular complexity index is 753. The van der Waals surface area contributed by atoms with Crippen molar-refractivity contribution in [3.8, 4) is 0 Å². The van der Waals surface area contributed by atoms with E-state index in [0.29, 0.717) is 6.54 Å². The van der Waals surface area contributed by atoms with Crippen LogP contribution in [0.4, 0.5) is 5.82 Å². The molecule has 0 saturated carbocycles. The van der Waals surface area contributed by atoms with Gasteiger partial charge in [0, 0.05) is 32.9 Å². The van der Waals surface area contributed by atoms with E-state index in [-0.39, 0.29) is 30.0 Å². The molecule has 1 aliphatic rings. The third-order valence-corrected chi connectivity index (χ3v) is 4.96. The largest absolute Gasteiger partial charge is 0.464 e. The molecular weight excluding hydrogens is 465 g/mol. The van der Waals surface area contributed by atoms with Crippen LogP contribution in [-0.2, 0) is 6.54 Å². The van der Waals surface area contributed by atoms with Crippen LogP contribution in [0.2, 0.25) is 0 Å². The Morgan fingerprint density at radius 3 is 2.61 bits per heavy atom. The Labute approximate surface area is 185 Å². The number of hydrogen-bond donors (Lipinski definition) is 2. The number of hydrogen-bond acceptors (Lipinski definition) is 4. The topological polar surface area (TPSA) is 65.7 Å². The Kier molecular flexibility index (Phi) is 9.08. The minimum Gasteiger partial charge on any atom is -0.464 e. The van der Waals surface area contributed by atoms with E-state index in [1.54, 1.807) is 7.05 Å². The molecule has 0 spiro atoms. The first-order valence-electron chi connectivity index (χ1n) is 9.89. The van der Waals surface area contributed by atoms with Gasteiger partial charge in [-0.1, -0.05) is 12.8 Å². The number of anilines is 1. The molecule has 1 saturated heterocycles. The molecular formula is C21H32IN5O. The number of furan rings is 1. The number of guanidine groups is 1. The first-order valence-corrected chi connectivity index (χ1v) is 9.89. The number of aromatic nitrogens is 1. The van der Waals surface area contributed by atoms with Crippen LogP contribution in [-0.4, -0.2) is 31.1 Å². The highest BCUT2D eigenvalue weighted by Crippen LogP contribution is 2.18. The molecule has 2 aromatic heterocycles. The molecule has 2 aromatic rings. The molecule has 1 aliphatic heterocycles. The van der Waals surface area contributed by atoms with Gasteiger partial charge in [0.15, 0.2) is 5.96 Å². The molecule has 1 fully saturated rings. The second-order valence-corrected chi connectivity index (χ2v) is 7.16. The van der Waals surface area contributed by atoms with Crippen molar-refractivity contribution in [3.63, 3.8) is 0 Å². The van der Waals surface area contributed by atoms with Crippen LogP contribution in [0.15, 0.2) is 39.9 Å². The van der Waals surface area contributed by atoms with E-state index in [4.69, 9.17) is 4.42 Å². The third kappa shape index (κ3) is 6.39. The summed E-state index contributed by atoms with van der Waals surface area (Å²) >= 11 is 0. The minimum atomic E-state index is 0. The van der Waals surface area contributed by atoms with Gasteiger partial charge in [0.05, 0.1) is 6.04 Å². The summed E-state index contributed by atoms with van der Waals surface area (Å²) < 4.78 is 5.69. The maximum atomic E-state index is 5.69. The third-order valence-electron chi connectivity index (χ3n) is 4.96. The first-order chi connectivity index (χ1) is 13.2. The standard InChI is InChI=1S/C21H31N5O.HI/c1-16-8-9-19(27-16)17(2)25-21(22-3)24-15-18-10-11-23-20(14-18)26-12-6-4-5-7-13-26;/h8-11,14,17H,4-7,12-13,15H2,1-3H3,(H2,22,24,25);1H. The lowest BCUT2D eigenvalue weighted by Gasteiger charge is -2.22. The highest BCUT2D eigenvalue weighted by molar-refractivity contribution is 14.0. The van der Waals surface area contributed by atoms with Crippen molar-refractivity contribution in [1.82, 2.24) is 15.6 Å². The van der Waals surface area contributed by atoms with Crippen LogP contribution in [0.3, 0.4) is 0 Å². The van der Waals surface area contributed by atoms with E-state index in [0.717, 1.165) is 36.4 Å². The van der Waals surface area contributed by atoms with Crippen molar-refractivity contribution in [2.75, 3.05) is 25.0 Å². The predicted molar refractivity (Wildman–Crippen MR) is 126 cm³/mol. The molecule has 1 unspecified atom stereocenters. The van der Waals surface area contributed by atoms with Crippen LogP contribution in [0, 0.1) is 6.92 Å². The van der Waals surface area contributed by atoms with Crippen molar-refractivity contribution >= 4 is 35.8 Å². The summed E-state index contributed by atoms with van der Waals surface area (Å²) in [6.07, 6.45) is 7.07. The lowest BCUT2D eigenvalue weighted by atomic mass is 10.2. The highest BCUT2D eigenvalue weighted by atomic mass is 127. The van der Waals surface area contributed by atoms with E-state index < -0.39 is 0 Å². The van der Waals surface area contributed by atoms with Crippen LogP contribution >= 0.6 is 24.0 Å². The zero-order valence-electron chi connectivity index (χ0n) is 17.1. The molecule has 0 aliphatic carbocycles. The van der Waals surface area contributed by atoms with E-state index in [9.17, 15) is 0 Å². The van der Waals surface area contributed by atoms with Gasteiger partial charge in [-0.2, -0.15) is 0 Å². The van der Waals surface area contributed by atoms with Gasteiger partial charge in [-0.05, 0) is 56.5 Å². The second-order valence-electron chi connectivity index (χ2n) is 7.16. The number of nitrogens with one attached hydrogen (secondary N) is 2. The Balaban J connectivity index is 0.00000280. The molecule has 7 heteroatoms. The summed E-state index contributed by atoms with van der Waals surface area (Å²) in [5, 5.41) is 6.76. The molecule has 0 aromatic carbocycles. The molecule has 154 valence electrons. The summed E-state index contributed by atoms with van der Waals surface area (Å²) in [7, 11) is 1.78. The van der Waals surface area contributed by atoms with E-state index in [1.165, 1.54) is 31.2 Å². The maximum absolute atomic E-state index is 5.69. The van der Waals surface area contributed by atoms with Crippen LogP contribution in [0.1, 0.15) is 55.7 Å². The van der Waals surface area contributed by atoms with Gasteiger partial charge in [-0.25, -0.2) is 4.98 Å². The fourth-order valence-electron chi connectivity index (χ4n) is 3.39. The zero-order chi connectivity index (χ0) is 19.1. The smallest absolute Gasteiger partial charge is 0.191 e. The number of aryl methyl sites for hydroxylation is 1. The van der Waals surface area contributed by atoms with Gasteiger partial charge in [0.2, 0.25) is 0 Å². The molecule has 0 bridgehead atoms. The van der Waals surface area contributed by atoms with Gasteiger partial charge in [-0.3, -0.25) is 4.99 Å². The SMILES string of the molecule is CN=C(NCc1ccnc(N2CCCCCC2)c1)NC(C)c1ccc(C)o1.I. The summed E-state index contributed by atoms with van der Waals surface area (Å²) in [4.78, 5) is 11.3. The maximum Gasteiger partial charge on any atom is 0.191 e. The predicted octanol–water partition coefficient (Wildman–Crippen LogP) is 4.41. The summed E-state index contributed by atoms with van der Waals surface area (Å²) in [6, 6.07) is 8.27. The van der Waals surface area contributed by atoms with Gasteiger partial charge in [0.1, 0.15) is 17.3 Å². The summed E-state index contributed by atoms with van der Waals surface area (Å²) in [5.41, 5.74) is 1.20. The molecule has 0 radical (unpaired) electrons. The van der Waals surface area contributed by atoms with Crippen molar-refractivity contribution in [2.45, 2.75) is 52.1 Å². The average Bonchev–Trinajstić information content (AvgIpc) is 2.94. The highest BCUT2D eigenvalue weighted by Gasteiger charge is 2.13. The molecule has 3 heterocycles. The molecule has 1 atom stereocenters. The van der Waals surface area contributed by atoms with Gasteiger partial charge >= 0.3 is 0 Å². The van der Waals surface area contributed by atoms with Crippen LogP contribution in [0.25, 0.3) is 0 Å². The fourth-order valence-corrected chi connectivity index (χ4v) is 3.39. The van der Waals surface area contributed by atoms with Gasteiger partial charge in [0.25, 0.3) is 0 Å². The second kappa shape index (κ2) is 11.3. The number of halogens is 1. The molecule has 28 heavy (non-hydrogen) atoms. The average molecular weight is 497 g/mol. The Morgan fingerprint density at radius 1 is 1.21 bits per heavy atom. The van der Waals surface area contributed by atoms with Gasteiger partial charge < -0.3 is 20.0 Å². The van der Waals surface area contributed by atoms with Gasteiger partial charge in [-0.15, -0.1) is 24.0 Å². The quantitative estimate of drug-likeness (QED) is 0.364. The van der Waals surface area contributed by atoms with E-state index in [1.807, 2.05) is 25.3 Å². The summed E-state index contributed by atoms with van der Waals surface area (Å²) in [5.74, 6) is 3.66. The monoisotopic (exact) mass is 497 g/mol. The molecule has 6 nitrogen and oxygen atoms in total. The number of aliphatic imine (C=N–C) groups is 1. The lowest BCUT2D eigenvalue weighted by molar-refractivity contribution is 0.441. The number of pyridine rings is 1. The normalized spacial score (nSPS) is 16.1. The van der Waals surface area contributed by atoms with Crippen molar-refractivity contribution in [3.05, 3.63) is 47.5 Å². The van der Waals surface area contributed by atoms with Crippen molar-refractivity contribution in [1.29, 1.82) is 0 Å². The zero-order valence-corrected chi connectivity index (χ0v) is 19.4. The van der Waals surface area contributed by atoms with E-state index >= 15 is 0 Å². The first kappa shape index (κ1) is 22.5. The van der Waals surface area contributed by atoms with E-state index in [2.05, 4.69) is 44.6 Å². The van der Waals surface area contributed by atoms with Crippen molar-refractivity contribution < 1.29 is 4.42 Å².